The first-order valence-electron chi connectivity index (χ1n) is 9.45. The Morgan fingerprint density at radius 2 is 1.82 bits per heavy atom. The normalized spacial score (nSPS) is 15.0. The van der Waals surface area contributed by atoms with Crippen LogP contribution < -0.4 is 5.01 Å². The molecule has 34 heavy (non-hydrogen) atoms. The Bertz CT molecular complexity index is 1370. The summed E-state index contributed by atoms with van der Waals surface area (Å²) in [5, 5.41) is 23.8. The highest BCUT2D eigenvalue weighted by atomic mass is 19.4. The Morgan fingerprint density at radius 1 is 1.12 bits per heavy atom. The zero-order valence-electron chi connectivity index (χ0n) is 16.8. The molecule has 0 fully saturated rings. The molecule has 0 saturated heterocycles. The topological polar surface area (TPSA) is 126 Å². The number of alkyl halides is 3. The van der Waals surface area contributed by atoms with Crippen molar-refractivity contribution in [1.82, 2.24) is 0 Å². The van der Waals surface area contributed by atoms with Crippen molar-refractivity contribution in [2.75, 3.05) is 5.01 Å². The van der Waals surface area contributed by atoms with Crippen molar-refractivity contribution in [2.45, 2.75) is 6.18 Å². The fourth-order valence-corrected chi connectivity index (χ4v) is 3.17. The van der Waals surface area contributed by atoms with Crippen LogP contribution >= 0.6 is 0 Å². The van der Waals surface area contributed by atoms with Gasteiger partial charge in [0.15, 0.2) is 5.71 Å². The average molecular weight is 471 g/mol. The molecule has 3 aromatic rings. The Labute approximate surface area is 188 Å². The van der Waals surface area contributed by atoms with Gasteiger partial charge in [-0.2, -0.15) is 23.3 Å². The Hall–Kier alpha value is -4.74. The highest BCUT2D eigenvalue weighted by molar-refractivity contribution is 6.34. The largest absolute Gasteiger partial charge is 0.478 e. The van der Waals surface area contributed by atoms with Gasteiger partial charge in [0.1, 0.15) is 11.5 Å². The maximum absolute atomic E-state index is 13.6. The number of halogens is 3. The fraction of sp³-hybridized carbons (Fsp3) is 0.0455. The van der Waals surface area contributed by atoms with Crippen LogP contribution in [0.5, 0.6) is 0 Å². The molecule has 1 amide bonds. The Kier molecular flexibility index (Phi) is 5.49. The Balaban J connectivity index is 1.69. The van der Waals surface area contributed by atoms with Gasteiger partial charge in [-0.15, -0.1) is 0 Å². The number of furan rings is 1. The molecule has 1 aliphatic heterocycles. The molecule has 0 unspecified atom stereocenters. The first kappa shape index (κ1) is 22.5. The molecule has 2 heterocycles. The lowest BCUT2D eigenvalue weighted by Crippen LogP contribution is -2.25. The third-order valence-corrected chi connectivity index (χ3v) is 4.76. The molecule has 172 valence electrons. The van der Waals surface area contributed by atoms with E-state index in [1.165, 1.54) is 36.4 Å². The van der Waals surface area contributed by atoms with E-state index in [0.29, 0.717) is 10.6 Å². The fourth-order valence-electron chi connectivity index (χ4n) is 3.17. The van der Waals surface area contributed by atoms with Gasteiger partial charge in [0.05, 0.1) is 21.7 Å². The number of carbonyl (C=O) groups is 2. The minimum Gasteiger partial charge on any atom is -0.478 e. The summed E-state index contributed by atoms with van der Waals surface area (Å²) in [5.41, 5.74) is -2.28. The quantitative estimate of drug-likeness (QED) is 0.320. The van der Waals surface area contributed by atoms with Crippen molar-refractivity contribution < 1.29 is 37.2 Å². The number of non-ortho nitro benzene ring substituents is 1. The lowest BCUT2D eigenvalue weighted by atomic mass is 10.1. The van der Waals surface area contributed by atoms with Crippen LogP contribution in [0.1, 0.15) is 16.1 Å². The number of aromatic carboxylic acids is 1. The van der Waals surface area contributed by atoms with E-state index in [1.54, 1.807) is 0 Å². The number of hydrogen-bond donors (Lipinski definition) is 1. The van der Waals surface area contributed by atoms with Gasteiger partial charge in [-0.1, -0.05) is 12.1 Å². The molecule has 9 nitrogen and oxygen atoms in total. The lowest BCUT2D eigenvalue weighted by molar-refractivity contribution is -0.384. The smallest absolute Gasteiger partial charge is 0.435 e. The van der Waals surface area contributed by atoms with Gasteiger partial charge in [0, 0.05) is 17.7 Å². The second-order valence-electron chi connectivity index (χ2n) is 6.98. The number of hydrogen-bond acceptors (Lipinski definition) is 6. The van der Waals surface area contributed by atoms with Crippen molar-refractivity contribution in [3.8, 4) is 11.3 Å². The maximum Gasteiger partial charge on any atom is 0.435 e. The number of nitro benzene ring substituents is 1. The molecule has 1 N–H and O–H groups in total. The summed E-state index contributed by atoms with van der Waals surface area (Å²) in [5.74, 6) is -2.29. The number of anilines is 1. The van der Waals surface area contributed by atoms with Gasteiger partial charge in [-0.05, 0) is 42.5 Å². The molecule has 0 spiro atoms. The molecule has 0 aliphatic carbocycles. The second-order valence-corrected chi connectivity index (χ2v) is 6.98. The number of carbonyl (C=O) groups excluding carboxylic acids is 1. The van der Waals surface area contributed by atoms with Gasteiger partial charge < -0.3 is 9.52 Å². The second kappa shape index (κ2) is 8.31. The first-order valence-corrected chi connectivity index (χ1v) is 9.45. The third kappa shape index (κ3) is 4.28. The number of carboxylic acid groups (broad SMARTS) is 1. The molecular formula is C22H12F3N3O6. The third-order valence-electron chi connectivity index (χ3n) is 4.76. The standard InChI is InChI=1S/C22H12F3N3O6/c23-22(24,25)19-17(20(29)27(26-19)14-6-4-12(5-7-14)21(30)31)11-16-8-9-18(34-16)13-2-1-3-15(10-13)28(32)33/h1-11H,(H,30,31)/b17-11-. The maximum atomic E-state index is 13.6. The van der Waals surface area contributed by atoms with Crippen LogP contribution in [-0.2, 0) is 4.79 Å². The van der Waals surface area contributed by atoms with E-state index in [-0.39, 0.29) is 28.5 Å². The summed E-state index contributed by atoms with van der Waals surface area (Å²) in [6, 6.07) is 12.8. The molecular weight excluding hydrogens is 459 g/mol. The molecule has 4 rings (SSSR count). The van der Waals surface area contributed by atoms with Crippen molar-refractivity contribution in [1.29, 1.82) is 0 Å². The minimum atomic E-state index is -4.97. The van der Waals surface area contributed by atoms with Gasteiger partial charge in [0.25, 0.3) is 11.6 Å². The van der Waals surface area contributed by atoms with Gasteiger partial charge >= 0.3 is 12.1 Å². The number of carboxylic acids is 1. The van der Waals surface area contributed by atoms with Crippen molar-refractivity contribution in [2.24, 2.45) is 5.10 Å². The van der Waals surface area contributed by atoms with Crippen LogP contribution in [0.3, 0.4) is 0 Å². The predicted octanol–water partition coefficient (Wildman–Crippen LogP) is 4.90. The number of amides is 1. The summed E-state index contributed by atoms with van der Waals surface area (Å²) in [6.07, 6.45) is -4.09. The number of nitrogens with zero attached hydrogens (tertiary/aromatic N) is 3. The van der Waals surface area contributed by atoms with E-state index in [9.17, 15) is 32.9 Å². The lowest BCUT2D eigenvalue weighted by Gasteiger charge is -2.11. The molecule has 12 heteroatoms. The van der Waals surface area contributed by atoms with Crippen LogP contribution in [0.15, 0.2) is 75.8 Å². The summed E-state index contributed by atoms with van der Waals surface area (Å²) in [7, 11) is 0. The van der Waals surface area contributed by atoms with Crippen molar-refractivity contribution in [3.05, 3.63) is 87.7 Å². The highest BCUT2D eigenvalue weighted by Crippen LogP contribution is 2.34. The molecule has 2 aromatic carbocycles. The van der Waals surface area contributed by atoms with Crippen molar-refractivity contribution >= 4 is 35.0 Å². The van der Waals surface area contributed by atoms with Gasteiger partial charge in [-0.25, -0.2) is 4.79 Å². The Morgan fingerprint density at radius 3 is 2.44 bits per heavy atom. The van der Waals surface area contributed by atoms with Crippen LogP contribution in [0.25, 0.3) is 17.4 Å². The molecule has 1 aliphatic rings. The number of rotatable bonds is 5. The number of nitro groups is 1. The summed E-state index contributed by atoms with van der Waals surface area (Å²) >= 11 is 0. The van der Waals surface area contributed by atoms with E-state index in [2.05, 4.69) is 5.10 Å². The van der Waals surface area contributed by atoms with Crippen LogP contribution in [0.2, 0.25) is 0 Å². The molecule has 1 aromatic heterocycles. The minimum absolute atomic E-state index is 0.0584. The van der Waals surface area contributed by atoms with E-state index < -0.39 is 34.3 Å². The summed E-state index contributed by atoms with van der Waals surface area (Å²) in [6.45, 7) is 0. The number of hydrazone groups is 1. The van der Waals surface area contributed by atoms with E-state index in [0.717, 1.165) is 30.3 Å². The zero-order chi connectivity index (χ0) is 24.6. The zero-order valence-corrected chi connectivity index (χ0v) is 16.8. The van der Waals surface area contributed by atoms with E-state index in [4.69, 9.17) is 9.52 Å². The monoisotopic (exact) mass is 471 g/mol. The van der Waals surface area contributed by atoms with Crippen LogP contribution in [-0.4, -0.2) is 33.8 Å². The van der Waals surface area contributed by atoms with Crippen LogP contribution in [0, 0.1) is 10.1 Å². The predicted molar refractivity (Wildman–Crippen MR) is 113 cm³/mol. The van der Waals surface area contributed by atoms with Crippen LogP contribution in [0.4, 0.5) is 24.5 Å². The van der Waals surface area contributed by atoms with Gasteiger partial charge in [0.2, 0.25) is 0 Å². The highest BCUT2D eigenvalue weighted by Gasteiger charge is 2.47. The summed E-state index contributed by atoms with van der Waals surface area (Å²) in [4.78, 5) is 34.1. The molecule has 0 radical (unpaired) electrons. The SMILES string of the molecule is O=C(O)c1ccc(N2N=C(C(F)(F)F)/C(=C/c3ccc(-c4cccc([N+](=O)[O-])c4)o3)C2=O)cc1. The average Bonchev–Trinajstić information content (AvgIpc) is 3.39. The van der Waals surface area contributed by atoms with E-state index in [1.807, 2.05) is 0 Å². The van der Waals surface area contributed by atoms with Gasteiger partial charge in [-0.3, -0.25) is 14.9 Å². The number of benzene rings is 2. The van der Waals surface area contributed by atoms with E-state index >= 15 is 0 Å². The summed E-state index contributed by atoms with van der Waals surface area (Å²) < 4.78 is 46.3. The first-order chi connectivity index (χ1) is 16.0. The molecule has 0 atom stereocenters. The molecule has 0 saturated carbocycles. The molecule has 0 bridgehead atoms. The van der Waals surface area contributed by atoms with Crippen molar-refractivity contribution in [3.63, 3.8) is 0 Å².